The maximum atomic E-state index is 14.1. The topological polar surface area (TPSA) is 97.5 Å². The van der Waals surface area contributed by atoms with Crippen molar-refractivity contribution in [1.82, 2.24) is 10.3 Å². The molecule has 2 aromatic rings. The van der Waals surface area contributed by atoms with Crippen molar-refractivity contribution in [2.24, 2.45) is 5.73 Å². The van der Waals surface area contributed by atoms with Gasteiger partial charge in [0.05, 0.1) is 23.5 Å². The number of nitrogens with one attached hydrogen (secondary N) is 1. The highest BCUT2D eigenvalue weighted by Crippen LogP contribution is 2.41. The Morgan fingerprint density at radius 3 is 1.92 bits per heavy atom. The number of aliphatic hydroxyl groups excluding tert-OH is 1. The van der Waals surface area contributed by atoms with Crippen molar-refractivity contribution in [3.8, 4) is 11.3 Å². The van der Waals surface area contributed by atoms with E-state index in [4.69, 9.17) is 10.5 Å². The minimum Gasteiger partial charge on any atom is -0.444 e. The van der Waals surface area contributed by atoms with Crippen molar-refractivity contribution in [3.05, 3.63) is 53.5 Å². The summed E-state index contributed by atoms with van der Waals surface area (Å²) in [4.78, 5) is 16.5. The fraction of sp³-hybridized carbons (Fsp3) is 0.556. The molecule has 0 fully saturated rings. The van der Waals surface area contributed by atoms with E-state index in [9.17, 15) is 27.5 Å². The Labute approximate surface area is 217 Å². The zero-order valence-electron chi connectivity index (χ0n) is 23.2. The van der Waals surface area contributed by atoms with Crippen LogP contribution in [0, 0.1) is 5.82 Å². The molecule has 1 aromatic heterocycles. The Morgan fingerprint density at radius 1 is 1.00 bits per heavy atom. The number of aliphatic hydroxyl groups is 1. The third kappa shape index (κ3) is 8.96. The van der Waals surface area contributed by atoms with Crippen LogP contribution in [0.25, 0.3) is 11.3 Å². The van der Waals surface area contributed by atoms with E-state index in [0.29, 0.717) is 5.56 Å². The minimum absolute atomic E-state index is 0.0945. The lowest BCUT2D eigenvalue weighted by molar-refractivity contribution is -0.199. The summed E-state index contributed by atoms with van der Waals surface area (Å²) in [7, 11) is 0. The Bertz CT molecular complexity index is 982. The molecule has 210 valence electrons. The van der Waals surface area contributed by atoms with Gasteiger partial charge in [-0.15, -0.1) is 0 Å². The number of alkyl halides is 3. The van der Waals surface area contributed by atoms with Crippen LogP contribution in [0.5, 0.6) is 0 Å². The van der Waals surface area contributed by atoms with Gasteiger partial charge < -0.3 is 20.9 Å². The number of pyridine rings is 1. The lowest BCUT2D eigenvalue weighted by Crippen LogP contribution is -2.52. The molecule has 0 aliphatic carbocycles. The lowest BCUT2D eigenvalue weighted by atomic mass is 9.81. The van der Waals surface area contributed by atoms with Crippen molar-refractivity contribution in [1.29, 1.82) is 0 Å². The second-order valence-corrected chi connectivity index (χ2v) is 9.33. The van der Waals surface area contributed by atoms with E-state index in [0.717, 1.165) is 18.2 Å². The number of aromatic nitrogens is 1. The average Bonchev–Trinajstić information content (AvgIpc) is 2.80. The summed E-state index contributed by atoms with van der Waals surface area (Å²) in [5.41, 5.74) is 0.857. The first-order valence-corrected chi connectivity index (χ1v) is 12.2. The monoisotopic (exact) mass is 531 g/mol. The first-order chi connectivity index (χ1) is 17.0. The molecule has 10 heteroatoms. The minimum atomic E-state index is -4.91. The van der Waals surface area contributed by atoms with Crippen LogP contribution >= 0.6 is 0 Å². The number of hydrogen-bond donors (Lipinski definition) is 3. The molecular weight excluding hydrogens is 490 g/mol. The Kier molecular flexibility index (Phi) is 12.7. The third-order valence-electron chi connectivity index (χ3n) is 5.15. The number of hydrogen-bond acceptors (Lipinski definition) is 5. The fourth-order valence-corrected chi connectivity index (χ4v) is 3.14. The van der Waals surface area contributed by atoms with Crippen LogP contribution in [0.15, 0.2) is 36.4 Å². The highest BCUT2D eigenvalue weighted by atomic mass is 19.4. The number of carbonyl (C=O) groups excluding carboxylic acids is 1. The van der Waals surface area contributed by atoms with Gasteiger partial charge in [-0.05, 0) is 76.6 Å². The molecule has 1 unspecified atom stereocenters. The number of alkyl carbamates (subject to hydrolysis) is 1. The zero-order valence-corrected chi connectivity index (χ0v) is 23.2. The van der Waals surface area contributed by atoms with Gasteiger partial charge in [0.2, 0.25) is 0 Å². The SMILES string of the molecule is CC.CC.CC(C)(C)OC(=O)NC(C)(C)c1cc(-c2ccc(F)cc2)nc(C(CN)(CO)C(F)(F)F)c1. The first kappa shape index (κ1) is 34.3. The van der Waals surface area contributed by atoms with Gasteiger partial charge in [-0.2, -0.15) is 13.2 Å². The third-order valence-corrected chi connectivity index (χ3v) is 5.15. The Morgan fingerprint density at radius 2 is 1.51 bits per heavy atom. The summed E-state index contributed by atoms with van der Waals surface area (Å²) in [5, 5.41) is 12.4. The lowest BCUT2D eigenvalue weighted by Gasteiger charge is -2.35. The maximum absolute atomic E-state index is 14.1. The average molecular weight is 532 g/mol. The maximum Gasteiger partial charge on any atom is 0.408 e. The summed E-state index contributed by atoms with van der Waals surface area (Å²) in [6.07, 6.45) is -5.68. The van der Waals surface area contributed by atoms with E-state index >= 15 is 0 Å². The Hall–Kier alpha value is -2.72. The van der Waals surface area contributed by atoms with Crippen LogP contribution in [-0.2, 0) is 15.7 Å². The van der Waals surface area contributed by atoms with Crippen LogP contribution in [0.2, 0.25) is 0 Å². The van der Waals surface area contributed by atoms with Crippen LogP contribution in [0.4, 0.5) is 22.4 Å². The predicted molar refractivity (Wildman–Crippen MR) is 139 cm³/mol. The second-order valence-electron chi connectivity index (χ2n) is 9.33. The quantitative estimate of drug-likeness (QED) is 0.372. The number of carbonyl (C=O) groups is 1. The van der Waals surface area contributed by atoms with Crippen molar-refractivity contribution < 1.29 is 32.2 Å². The van der Waals surface area contributed by atoms with Gasteiger partial charge in [0.15, 0.2) is 0 Å². The molecule has 0 bridgehead atoms. The normalized spacial score (nSPS) is 13.3. The van der Waals surface area contributed by atoms with Gasteiger partial charge in [0.25, 0.3) is 0 Å². The summed E-state index contributed by atoms with van der Waals surface area (Å²) in [6, 6.07) is 7.69. The highest BCUT2D eigenvalue weighted by Gasteiger charge is 2.56. The number of nitrogens with two attached hydrogens (primary N) is 1. The first-order valence-electron chi connectivity index (χ1n) is 12.2. The molecule has 37 heavy (non-hydrogen) atoms. The molecule has 1 amide bonds. The molecule has 1 aromatic carbocycles. The van der Waals surface area contributed by atoms with E-state index in [1.165, 1.54) is 18.2 Å². The summed E-state index contributed by atoms with van der Waals surface area (Å²) in [6.45, 7) is 13.9. The molecule has 6 nitrogen and oxygen atoms in total. The molecular formula is C27H41F4N3O3. The molecule has 0 aliphatic rings. The smallest absolute Gasteiger partial charge is 0.408 e. The molecule has 4 N–H and O–H groups in total. The Balaban J connectivity index is 0.00000308. The zero-order chi connectivity index (χ0) is 29.2. The standard InChI is InChI=1S/C23H29F4N3O3.2C2H6/c1-20(2,3)33-19(32)30-21(4,5)15-10-17(14-6-8-16(24)9-7-14)29-18(11-15)22(12-28,13-31)23(25,26)27;2*1-2/h6-11,31H,12-13,28H2,1-5H3,(H,30,32);2*1-2H3. The molecule has 0 aliphatic heterocycles. The van der Waals surface area contributed by atoms with Crippen molar-refractivity contribution >= 4 is 6.09 Å². The van der Waals surface area contributed by atoms with Gasteiger partial charge >= 0.3 is 12.3 Å². The summed E-state index contributed by atoms with van der Waals surface area (Å²) >= 11 is 0. The molecule has 0 saturated heterocycles. The van der Waals surface area contributed by atoms with Crippen molar-refractivity contribution in [2.45, 2.75) is 85.0 Å². The second kappa shape index (κ2) is 13.7. The number of ether oxygens (including phenoxy) is 1. The van der Waals surface area contributed by atoms with Crippen molar-refractivity contribution in [3.63, 3.8) is 0 Å². The predicted octanol–water partition coefficient (Wildman–Crippen LogP) is 6.45. The van der Waals surface area contributed by atoms with Gasteiger partial charge in [-0.25, -0.2) is 9.18 Å². The van der Waals surface area contributed by atoms with Crippen LogP contribution in [-0.4, -0.2) is 41.1 Å². The number of amides is 1. The fourth-order valence-electron chi connectivity index (χ4n) is 3.14. The number of halogens is 4. The van der Waals surface area contributed by atoms with Crippen LogP contribution < -0.4 is 11.1 Å². The van der Waals surface area contributed by atoms with Gasteiger partial charge in [-0.3, -0.25) is 4.98 Å². The molecule has 2 rings (SSSR count). The van der Waals surface area contributed by atoms with E-state index in [-0.39, 0.29) is 11.3 Å². The molecule has 0 saturated carbocycles. The van der Waals surface area contributed by atoms with Crippen LogP contribution in [0.3, 0.4) is 0 Å². The number of rotatable bonds is 6. The highest BCUT2D eigenvalue weighted by molar-refractivity contribution is 5.69. The number of benzene rings is 1. The molecule has 1 heterocycles. The molecule has 0 spiro atoms. The van der Waals surface area contributed by atoms with E-state index in [1.807, 2.05) is 27.7 Å². The van der Waals surface area contributed by atoms with Gasteiger partial charge in [-0.1, -0.05) is 27.7 Å². The summed E-state index contributed by atoms with van der Waals surface area (Å²) < 4.78 is 60.8. The van der Waals surface area contributed by atoms with E-state index in [2.05, 4.69) is 10.3 Å². The summed E-state index contributed by atoms with van der Waals surface area (Å²) in [5.74, 6) is -0.524. The van der Waals surface area contributed by atoms with Crippen LogP contribution in [0.1, 0.15) is 73.6 Å². The van der Waals surface area contributed by atoms with Gasteiger partial charge in [0, 0.05) is 12.1 Å². The molecule has 1 atom stereocenters. The molecule has 0 radical (unpaired) electrons. The number of nitrogens with zero attached hydrogens (tertiary/aromatic N) is 1. The largest absolute Gasteiger partial charge is 0.444 e. The van der Waals surface area contributed by atoms with E-state index < -0.39 is 53.5 Å². The van der Waals surface area contributed by atoms with E-state index in [1.54, 1.807) is 34.6 Å². The van der Waals surface area contributed by atoms with Gasteiger partial charge in [0.1, 0.15) is 16.8 Å². The van der Waals surface area contributed by atoms with Crippen molar-refractivity contribution in [2.75, 3.05) is 13.2 Å².